The molecule has 3 aromatic rings. The average Bonchev–Trinajstić information content (AvgIpc) is 3.38. The van der Waals surface area contributed by atoms with Crippen molar-refractivity contribution in [2.75, 3.05) is 12.4 Å². The van der Waals surface area contributed by atoms with Crippen molar-refractivity contribution in [1.82, 2.24) is 20.3 Å². The summed E-state index contributed by atoms with van der Waals surface area (Å²) in [6, 6.07) is 8.78. The van der Waals surface area contributed by atoms with Gasteiger partial charge in [0.25, 0.3) is 0 Å². The third-order valence-electron chi connectivity index (χ3n) is 6.59. The topological polar surface area (TPSA) is 260 Å². The molecule has 10 N–H and O–H groups in total. The van der Waals surface area contributed by atoms with Gasteiger partial charge in [0.2, 0.25) is 27.7 Å². The van der Waals surface area contributed by atoms with Gasteiger partial charge in [-0.25, -0.2) is 17.9 Å². The fourth-order valence-electron chi connectivity index (χ4n) is 4.21. The van der Waals surface area contributed by atoms with E-state index < -0.39 is 52.4 Å². The molecule has 3 rings (SSSR count). The molecule has 0 radical (unpaired) electrons. The fourth-order valence-corrected chi connectivity index (χ4v) is 5.00. The molecular formula is C28H35N7O8S. The molecule has 0 bridgehead atoms. The molecule has 1 heterocycles. The largest absolute Gasteiger partial charge is 0.482 e. The summed E-state index contributed by atoms with van der Waals surface area (Å²) < 4.78 is 32.7. The molecule has 44 heavy (non-hydrogen) atoms. The number of carboxylic acid groups (broad SMARTS) is 1. The number of benzene rings is 2. The predicted molar refractivity (Wildman–Crippen MR) is 161 cm³/mol. The summed E-state index contributed by atoms with van der Waals surface area (Å²) in [5.41, 5.74) is 13.1. The summed E-state index contributed by atoms with van der Waals surface area (Å²) in [6.45, 7) is 0.902. The van der Waals surface area contributed by atoms with Gasteiger partial charge in [0.05, 0.1) is 5.75 Å². The maximum Gasteiger partial charge on any atom is 0.341 e. The van der Waals surface area contributed by atoms with Crippen molar-refractivity contribution in [3.63, 3.8) is 0 Å². The lowest BCUT2D eigenvalue weighted by molar-refractivity contribution is -0.139. The number of rotatable bonds is 17. The molecule has 0 fully saturated rings. The molecule has 2 atom stereocenters. The lowest BCUT2D eigenvalue weighted by Crippen LogP contribution is -2.54. The summed E-state index contributed by atoms with van der Waals surface area (Å²) in [5, 5.41) is 22.2. The van der Waals surface area contributed by atoms with Crippen LogP contribution >= 0.6 is 0 Å². The van der Waals surface area contributed by atoms with Crippen LogP contribution in [0.5, 0.6) is 5.75 Å². The molecule has 15 nitrogen and oxygen atoms in total. The van der Waals surface area contributed by atoms with Crippen LogP contribution < -0.4 is 31.6 Å². The smallest absolute Gasteiger partial charge is 0.341 e. The maximum atomic E-state index is 13.5. The molecule has 0 aliphatic heterocycles. The summed E-state index contributed by atoms with van der Waals surface area (Å²) >= 11 is 0. The standard InChI is InChI=1S/C28H35N7O8S/c1-2-44(41,42)35-23(11-18-14-32-21-8-7-19(12-20(18)21)43-15-25(37)38)28(40)34-22(9-10-24(29)36)27(39)33-13-16-3-5-17(6-4-16)26(30)31/h3-8,12,14,22-23,32,35H,2,9-11,13,15H2,1H3,(H2,29,36)(H3,30,31)(H,33,39)(H,34,40)(H,37,38). The number of aliphatic carboxylic acids is 1. The van der Waals surface area contributed by atoms with Crippen LogP contribution in [0.4, 0.5) is 0 Å². The first-order valence-corrected chi connectivity index (χ1v) is 15.2. The van der Waals surface area contributed by atoms with Gasteiger partial charge in [-0.15, -0.1) is 0 Å². The van der Waals surface area contributed by atoms with Gasteiger partial charge in [0, 0.05) is 35.6 Å². The number of carboxylic acids is 1. The van der Waals surface area contributed by atoms with Crippen LogP contribution in [-0.4, -0.2) is 72.5 Å². The van der Waals surface area contributed by atoms with E-state index in [9.17, 15) is 27.6 Å². The number of amidine groups is 1. The van der Waals surface area contributed by atoms with E-state index in [1.807, 2.05) is 0 Å². The molecule has 0 saturated heterocycles. The van der Waals surface area contributed by atoms with E-state index in [0.29, 0.717) is 27.6 Å². The molecule has 16 heteroatoms. The van der Waals surface area contributed by atoms with Crippen LogP contribution in [0.15, 0.2) is 48.7 Å². The molecule has 0 aliphatic rings. The molecule has 0 saturated carbocycles. The Labute approximate surface area is 253 Å². The quantitative estimate of drug-likeness (QED) is 0.0727. The van der Waals surface area contributed by atoms with E-state index in [1.54, 1.807) is 48.7 Å². The second-order valence-electron chi connectivity index (χ2n) is 9.88. The summed E-state index contributed by atoms with van der Waals surface area (Å²) in [4.78, 5) is 52.0. The molecule has 1 aromatic heterocycles. The maximum absolute atomic E-state index is 13.5. The lowest BCUT2D eigenvalue weighted by Gasteiger charge is -2.23. The Morgan fingerprint density at radius 3 is 2.36 bits per heavy atom. The first kappa shape index (κ1) is 33.5. The first-order chi connectivity index (χ1) is 20.8. The molecule has 2 unspecified atom stereocenters. The highest BCUT2D eigenvalue weighted by molar-refractivity contribution is 7.89. The number of nitrogens with one attached hydrogen (secondary N) is 5. The van der Waals surface area contributed by atoms with Gasteiger partial charge in [-0.2, -0.15) is 0 Å². The Kier molecular flexibility index (Phi) is 11.4. The number of H-pyrrole nitrogens is 1. The summed E-state index contributed by atoms with van der Waals surface area (Å²) in [6.07, 6.45) is 1.08. The second-order valence-corrected chi connectivity index (χ2v) is 11.9. The average molecular weight is 630 g/mol. The number of amides is 3. The number of aromatic amines is 1. The first-order valence-electron chi connectivity index (χ1n) is 13.5. The van der Waals surface area contributed by atoms with Crippen molar-refractivity contribution in [3.05, 3.63) is 65.4 Å². The Balaban J connectivity index is 1.82. The normalized spacial score (nSPS) is 12.7. The van der Waals surface area contributed by atoms with Gasteiger partial charge in [0.15, 0.2) is 6.61 Å². The molecule has 3 amide bonds. The highest BCUT2D eigenvalue weighted by Gasteiger charge is 2.29. The Hall–Kier alpha value is -4.96. The Morgan fingerprint density at radius 2 is 1.75 bits per heavy atom. The summed E-state index contributed by atoms with van der Waals surface area (Å²) in [5.74, 6) is -3.46. The molecule has 0 aliphatic carbocycles. The minimum atomic E-state index is -3.89. The van der Waals surface area contributed by atoms with Gasteiger partial charge < -0.3 is 36.9 Å². The fraction of sp³-hybridized carbons (Fsp3) is 0.321. The SMILES string of the molecule is CCS(=O)(=O)NC(Cc1c[nH]c2ccc(OCC(=O)O)cc12)C(=O)NC(CCC(N)=O)C(=O)NCc1ccc(C(=N)N)cc1. The highest BCUT2D eigenvalue weighted by Crippen LogP contribution is 2.25. The number of carbonyl (C=O) groups excluding carboxylic acids is 3. The number of nitrogens with two attached hydrogens (primary N) is 2. The number of primary amides is 1. The van der Waals surface area contributed by atoms with Crippen LogP contribution in [0.3, 0.4) is 0 Å². The van der Waals surface area contributed by atoms with E-state index >= 15 is 0 Å². The van der Waals surface area contributed by atoms with Gasteiger partial charge in [-0.1, -0.05) is 24.3 Å². The number of carbonyl (C=O) groups is 4. The number of fused-ring (bicyclic) bond motifs is 1. The van der Waals surface area contributed by atoms with E-state index in [1.165, 1.54) is 6.92 Å². The third-order valence-corrected chi connectivity index (χ3v) is 7.99. The van der Waals surface area contributed by atoms with Crippen molar-refractivity contribution >= 4 is 50.5 Å². The van der Waals surface area contributed by atoms with Gasteiger partial charge in [-0.05, 0) is 49.1 Å². The number of sulfonamides is 1. The van der Waals surface area contributed by atoms with Crippen molar-refractivity contribution in [1.29, 1.82) is 5.41 Å². The predicted octanol–water partition coefficient (Wildman–Crippen LogP) is -0.168. The van der Waals surface area contributed by atoms with Crippen LogP contribution in [0.1, 0.15) is 36.5 Å². The van der Waals surface area contributed by atoms with Crippen molar-refractivity contribution in [2.24, 2.45) is 11.5 Å². The van der Waals surface area contributed by atoms with E-state index in [0.717, 1.165) is 0 Å². The van der Waals surface area contributed by atoms with E-state index in [-0.39, 0.29) is 43.1 Å². The van der Waals surface area contributed by atoms with Crippen LogP contribution in [-0.2, 0) is 42.2 Å². The zero-order valence-electron chi connectivity index (χ0n) is 23.9. The van der Waals surface area contributed by atoms with E-state index in [4.69, 9.17) is 26.7 Å². The minimum Gasteiger partial charge on any atom is -0.482 e. The lowest BCUT2D eigenvalue weighted by atomic mass is 10.0. The number of hydrogen-bond acceptors (Lipinski definition) is 8. The zero-order valence-corrected chi connectivity index (χ0v) is 24.7. The summed E-state index contributed by atoms with van der Waals surface area (Å²) in [7, 11) is -3.89. The molecule has 236 valence electrons. The second kappa shape index (κ2) is 15.0. The van der Waals surface area contributed by atoms with Crippen molar-refractivity contribution in [3.8, 4) is 5.75 Å². The van der Waals surface area contributed by atoms with E-state index in [2.05, 4.69) is 20.3 Å². The number of ether oxygens (including phenoxy) is 1. The Morgan fingerprint density at radius 1 is 1.05 bits per heavy atom. The number of aromatic nitrogens is 1. The number of hydrogen-bond donors (Lipinski definition) is 8. The highest BCUT2D eigenvalue weighted by atomic mass is 32.2. The molecule has 0 spiro atoms. The van der Waals surface area contributed by atoms with Gasteiger partial charge in [0.1, 0.15) is 23.7 Å². The zero-order chi connectivity index (χ0) is 32.4. The van der Waals surface area contributed by atoms with Gasteiger partial charge >= 0.3 is 5.97 Å². The van der Waals surface area contributed by atoms with Crippen LogP contribution in [0, 0.1) is 5.41 Å². The number of nitrogen functional groups attached to an aromatic ring is 1. The third kappa shape index (κ3) is 9.81. The Bertz CT molecular complexity index is 1640. The molecular weight excluding hydrogens is 594 g/mol. The minimum absolute atomic E-state index is 0.0630. The van der Waals surface area contributed by atoms with Crippen LogP contribution in [0.25, 0.3) is 10.9 Å². The van der Waals surface area contributed by atoms with Crippen molar-refractivity contribution in [2.45, 2.75) is 44.8 Å². The monoisotopic (exact) mass is 629 g/mol. The van der Waals surface area contributed by atoms with Gasteiger partial charge in [-0.3, -0.25) is 19.8 Å². The molecule has 2 aromatic carbocycles. The van der Waals surface area contributed by atoms with Crippen molar-refractivity contribution < 1.29 is 37.4 Å². The van der Waals surface area contributed by atoms with Crippen LogP contribution in [0.2, 0.25) is 0 Å².